The van der Waals surface area contributed by atoms with Gasteiger partial charge in [0.05, 0.1) is 21.1 Å². The SMILES string of the molecule is CCOC(=O)/C(C)=C/Oc1c(Br)cc(Br)cc1Br. The number of esters is 1. The van der Waals surface area contributed by atoms with Gasteiger partial charge in [-0.15, -0.1) is 0 Å². The van der Waals surface area contributed by atoms with Gasteiger partial charge in [0.15, 0.2) is 5.75 Å². The highest BCUT2D eigenvalue weighted by Crippen LogP contribution is 2.36. The second kappa shape index (κ2) is 7.31. The Morgan fingerprint density at radius 2 is 1.83 bits per heavy atom. The van der Waals surface area contributed by atoms with Crippen LogP contribution >= 0.6 is 47.8 Å². The van der Waals surface area contributed by atoms with Gasteiger partial charge >= 0.3 is 5.97 Å². The molecular weight excluding hydrogens is 432 g/mol. The molecule has 1 rings (SSSR count). The molecule has 0 fully saturated rings. The van der Waals surface area contributed by atoms with Gasteiger partial charge in [-0.25, -0.2) is 4.79 Å². The maximum atomic E-state index is 11.4. The first-order valence-corrected chi connectivity index (χ1v) is 7.48. The fourth-order valence-electron chi connectivity index (χ4n) is 1.08. The van der Waals surface area contributed by atoms with Gasteiger partial charge in [0.2, 0.25) is 0 Å². The van der Waals surface area contributed by atoms with E-state index < -0.39 is 0 Å². The maximum Gasteiger partial charge on any atom is 0.336 e. The molecule has 0 saturated carbocycles. The van der Waals surface area contributed by atoms with Gasteiger partial charge in [-0.05, 0) is 57.8 Å². The number of carbonyl (C=O) groups is 1. The van der Waals surface area contributed by atoms with Crippen molar-refractivity contribution < 1.29 is 14.3 Å². The van der Waals surface area contributed by atoms with Crippen molar-refractivity contribution in [2.45, 2.75) is 13.8 Å². The Labute approximate surface area is 131 Å². The highest BCUT2D eigenvalue weighted by Gasteiger charge is 2.09. The molecule has 0 bridgehead atoms. The minimum Gasteiger partial charge on any atom is -0.463 e. The van der Waals surface area contributed by atoms with Crippen molar-refractivity contribution in [3.63, 3.8) is 0 Å². The smallest absolute Gasteiger partial charge is 0.336 e. The summed E-state index contributed by atoms with van der Waals surface area (Å²) >= 11 is 10.1. The van der Waals surface area contributed by atoms with E-state index in [2.05, 4.69) is 47.8 Å². The summed E-state index contributed by atoms with van der Waals surface area (Å²) in [5, 5.41) is 0. The summed E-state index contributed by atoms with van der Waals surface area (Å²) in [4.78, 5) is 11.4. The fraction of sp³-hybridized carbons (Fsp3) is 0.250. The number of hydrogen-bond donors (Lipinski definition) is 0. The van der Waals surface area contributed by atoms with Crippen LogP contribution in [-0.2, 0) is 9.53 Å². The van der Waals surface area contributed by atoms with Crippen LogP contribution < -0.4 is 4.74 Å². The van der Waals surface area contributed by atoms with Crippen LogP contribution in [0.25, 0.3) is 0 Å². The van der Waals surface area contributed by atoms with E-state index in [0.717, 1.165) is 13.4 Å². The molecule has 6 heteroatoms. The van der Waals surface area contributed by atoms with Crippen LogP contribution in [0.4, 0.5) is 0 Å². The first-order valence-electron chi connectivity index (χ1n) is 5.10. The van der Waals surface area contributed by atoms with Crippen LogP contribution in [0.5, 0.6) is 5.75 Å². The van der Waals surface area contributed by atoms with E-state index in [-0.39, 0.29) is 5.97 Å². The number of benzene rings is 1. The molecule has 0 aliphatic carbocycles. The molecule has 0 aliphatic heterocycles. The first-order chi connectivity index (χ1) is 8.45. The Morgan fingerprint density at radius 1 is 1.28 bits per heavy atom. The maximum absolute atomic E-state index is 11.4. The Balaban J connectivity index is 2.86. The van der Waals surface area contributed by atoms with Gasteiger partial charge in [0.25, 0.3) is 0 Å². The van der Waals surface area contributed by atoms with E-state index >= 15 is 0 Å². The van der Waals surface area contributed by atoms with E-state index in [9.17, 15) is 4.79 Å². The monoisotopic (exact) mass is 440 g/mol. The number of rotatable bonds is 4. The lowest BCUT2D eigenvalue weighted by Crippen LogP contribution is -2.06. The fourth-order valence-corrected chi connectivity index (χ4v) is 3.53. The molecule has 0 N–H and O–H groups in total. The standard InChI is InChI=1S/C12H11Br3O3/c1-3-17-12(16)7(2)6-18-11-9(14)4-8(13)5-10(11)15/h4-6H,3H2,1-2H3/b7-6+. The summed E-state index contributed by atoms with van der Waals surface area (Å²) in [5.74, 6) is 0.212. The molecule has 1 aromatic carbocycles. The summed E-state index contributed by atoms with van der Waals surface area (Å²) < 4.78 is 12.8. The molecule has 0 heterocycles. The number of carbonyl (C=O) groups excluding carboxylic acids is 1. The van der Waals surface area contributed by atoms with E-state index in [0.29, 0.717) is 17.9 Å². The Kier molecular flexibility index (Phi) is 6.38. The van der Waals surface area contributed by atoms with Crippen LogP contribution in [0.15, 0.2) is 37.4 Å². The summed E-state index contributed by atoms with van der Waals surface area (Å²) in [5.41, 5.74) is 0.401. The van der Waals surface area contributed by atoms with E-state index in [1.807, 2.05) is 12.1 Å². The predicted molar refractivity (Wildman–Crippen MR) is 80.6 cm³/mol. The Morgan fingerprint density at radius 3 is 2.33 bits per heavy atom. The molecule has 18 heavy (non-hydrogen) atoms. The molecular formula is C12H11Br3O3. The normalized spacial score (nSPS) is 11.3. The Hall–Kier alpha value is -0.330. The minimum atomic E-state index is -0.387. The molecule has 0 aliphatic rings. The third-order valence-electron chi connectivity index (χ3n) is 1.91. The van der Waals surface area contributed by atoms with Crippen LogP contribution in [0.1, 0.15) is 13.8 Å². The van der Waals surface area contributed by atoms with E-state index in [4.69, 9.17) is 9.47 Å². The zero-order valence-electron chi connectivity index (χ0n) is 9.80. The molecule has 0 radical (unpaired) electrons. The van der Waals surface area contributed by atoms with E-state index in [1.54, 1.807) is 13.8 Å². The zero-order chi connectivity index (χ0) is 13.7. The van der Waals surface area contributed by atoms with Crippen LogP contribution in [0.3, 0.4) is 0 Å². The molecule has 98 valence electrons. The molecule has 3 nitrogen and oxygen atoms in total. The van der Waals surface area contributed by atoms with E-state index in [1.165, 1.54) is 6.26 Å². The predicted octanol–water partition coefficient (Wildman–Crippen LogP) is 4.82. The van der Waals surface area contributed by atoms with Crippen molar-refractivity contribution in [1.82, 2.24) is 0 Å². The average Bonchev–Trinajstić information content (AvgIpc) is 2.27. The Bertz CT molecular complexity index is 460. The number of hydrogen-bond acceptors (Lipinski definition) is 3. The van der Waals surface area contributed by atoms with Crippen LogP contribution in [0.2, 0.25) is 0 Å². The molecule has 0 unspecified atom stereocenters. The summed E-state index contributed by atoms with van der Waals surface area (Å²) in [7, 11) is 0. The molecule has 1 aromatic rings. The van der Waals surface area contributed by atoms with Crippen molar-refractivity contribution >= 4 is 53.8 Å². The van der Waals surface area contributed by atoms with Gasteiger partial charge in [0.1, 0.15) is 6.26 Å². The van der Waals surface area contributed by atoms with Crippen molar-refractivity contribution in [3.05, 3.63) is 37.4 Å². The van der Waals surface area contributed by atoms with Crippen LogP contribution in [0, 0.1) is 0 Å². The van der Waals surface area contributed by atoms with Crippen molar-refractivity contribution in [1.29, 1.82) is 0 Å². The summed E-state index contributed by atoms with van der Waals surface area (Å²) in [6.45, 7) is 3.74. The molecule has 0 saturated heterocycles. The van der Waals surface area contributed by atoms with Gasteiger partial charge < -0.3 is 9.47 Å². The quantitative estimate of drug-likeness (QED) is 0.381. The van der Waals surface area contributed by atoms with Gasteiger partial charge in [-0.1, -0.05) is 15.9 Å². The largest absolute Gasteiger partial charge is 0.463 e. The topological polar surface area (TPSA) is 35.5 Å². The highest BCUT2D eigenvalue weighted by molar-refractivity contribution is 9.11. The lowest BCUT2D eigenvalue weighted by atomic mass is 10.3. The highest BCUT2D eigenvalue weighted by atomic mass is 79.9. The summed E-state index contributed by atoms with van der Waals surface area (Å²) in [6.07, 6.45) is 1.37. The second-order valence-electron chi connectivity index (χ2n) is 3.34. The molecule has 0 atom stereocenters. The van der Waals surface area contributed by atoms with Gasteiger partial charge in [-0.3, -0.25) is 0 Å². The molecule has 0 amide bonds. The third-order valence-corrected chi connectivity index (χ3v) is 3.55. The first kappa shape index (κ1) is 15.7. The lowest BCUT2D eigenvalue weighted by molar-refractivity contribution is -0.138. The number of ether oxygens (including phenoxy) is 2. The summed E-state index contributed by atoms with van der Waals surface area (Å²) in [6, 6.07) is 3.71. The molecule has 0 spiro atoms. The molecule has 0 aromatic heterocycles. The zero-order valence-corrected chi connectivity index (χ0v) is 14.6. The van der Waals surface area contributed by atoms with Gasteiger partial charge in [0, 0.05) is 4.47 Å². The van der Waals surface area contributed by atoms with Crippen molar-refractivity contribution in [3.8, 4) is 5.75 Å². The second-order valence-corrected chi connectivity index (χ2v) is 5.96. The van der Waals surface area contributed by atoms with Crippen molar-refractivity contribution in [2.75, 3.05) is 6.61 Å². The van der Waals surface area contributed by atoms with Crippen LogP contribution in [-0.4, -0.2) is 12.6 Å². The average molecular weight is 443 g/mol. The van der Waals surface area contributed by atoms with Gasteiger partial charge in [-0.2, -0.15) is 0 Å². The number of halogens is 3. The third kappa shape index (κ3) is 4.40. The lowest BCUT2D eigenvalue weighted by Gasteiger charge is -2.08. The van der Waals surface area contributed by atoms with Crippen molar-refractivity contribution in [2.24, 2.45) is 0 Å². The minimum absolute atomic E-state index is 0.343.